The van der Waals surface area contributed by atoms with Gasteiger partial charge in [0, 0.05) is 5.92 Å². The Morgan fingerprint density at radius 2 is 1.84 bits per heavy atom. The van der Waals surface area contributed by atoms with Gasteiger partial charge in [-0.15, -0.1) is 0 Å². The SMILES string of the molecule is C=C1CCC(C(=O)OC)(C(=O)OC)C1CCN(C)C. The van der Waals surface area contributed by atoms with E-state index >= 15 is 0 Å². The van der Waals surface area contributed by atoms with Gasteiger partial charge in [0.15, 0.2) is 5.41 Å². The Hall–Kier alpha value is -1.36. The number of rotatable bonds is 5. The standard InChI is InChI=1S/C14H23NO4/c1-10-6-8-14(12(16)18-4,13(17)19-5)11(10)7-9-15(2)3/h11H,1,6-9H2,2-5H3. The average Bonchev–Trinajstić information content (AvgIpc) is 2.72. The van der Waals surface area contributed by atoms with E-state index in [1.54, 1.807) is 0 Å². The molecule has 0 heterocycles. The van der Waals surface area contributed by atoms with Crippen LogP contribution >= 0.6 is 0 Å². The molecule has 1 fully saturated rings. The van der Waals surface area contributed by atoms with Crippen LogP contribution in [0, 0.1) is 11.3 Å². The number of nitrogens with zero attached hydrogens (tertiary/aromatic N) is 1. The third-order valence-electron chi connectivity index (χ3n) is 3.89. The molecule has 19 heavy (non-hydrogen) atoms. The maximum atomic E-state index is 12.2. The highest BCUT2D eigenvalue weighted by atomic mass is 16.5. The van der Waals surface area contributed by atoms with Crippen LogP contribution in [0.1, 0.15) is 19.3 Å². The van der Waals surface area contributed by atoms with Crippen molar-refractivity contribution in [3.63, 3.8) is 0 Å². The Labute approximate surface area is 114 Å². The minimum atomic E-state index is -1.21. The molecule has 0 aliphatic heterocycles. The summed E-state index contributed by atoms with van der Waals surface area (Å²) in [5.74, 6) is -1.24. The highest BCUT2D eigenvalue weighted by Crippen LogP contribution is 2.49. The molecular weight excluding hydrogens is 246 g/mol. The minimum Gasteiger partial charge on any atom is -0.468 e. The Balaban J connectivity index is 3.08. The van der Waals surface area contributed by atoms with Gasteiger partial charge in [-0.2, -0.15) is 0 Å². The van der Waals surface area contributed by atoms with Gasteiger partial charge in [0.25, 0.3) is 0 Å². The summed E-state index contributed by atoms with van der Waals surface area (Å²) < 4.78 is 9.70. The summed E-state index contributed by atoms with van der Waals surface area (Å²) in [6.45, 7) is 4.79. The monoisotopic (exact) mass is 269 g/mol. The van der Waals surface area contributed by atoms with Crippen LogP contribution in [0.3, 0.4) is 0 Å². The van der Waals surface area contributed by atoms with Gasteiger partial charge in [-0.1, -0.05) is 12.2 Å². The van der Waals surface area contributed by atoms with E-state index < -0.39 is 17.4 Å². The molecule has 0 saturated heterocycles. The van der Waals surface area contributed by atoms with Crippen LogP contribution in [0.5, 0.6) is 0 Å². The molecule has 0 spiro atoms. The van der Waals surface area contributed by atoms with Gasteiger partial charge >= 0.3 is 11.9 Å². The zero-order valence-corrected chi connectivity index (χ0v) is 12.2. The molecule has 1 saturated carbocycles. The van der Waals surface area contributed by atoms with Crippen LogP contribution < -0.4 is 0 Å². The lowest BCUT2D eigenvalue weighted by atomic mass is 9.75. The third kappa shape index (κ3) is 2.81. The zero-order valence-electron chi connectivity index (χ0n) is 12.2. The highest BCUT2D eigenvalue weighted by molar-refractivity contribution is 6.01. The molecule has 0 aromatic heterocycles. The number of carbonyl (C=O) groups excluding carboxylic acids is 2. The second-order valence-electron chi connectivity index (χ2n) is 5.26. The van der Waals surface area contributed by atoms with Gasteiger partial charge in [0.2, 0.25) is 0 Å². The first-order valence-electron chi connectivity index (χ1n) is 6.39. The Morgan fingerprint density at radius 3 is 2.26 bits per heavy atom. The summed E-state index contributed by atoms with van der Waals surface area (Å²) in [7, 11) is 6.51. The molecule has 1 unspecified atom stereocenters. The number of hydrogen-bond donors (Lipinski definition) is 0. The molecule has 0 bridgehead atoms. The summed E-state index contributed by atoms with van der Waals surface area (Å²) in [6.07, 6.45) is 1.77. The van der Waals surface area contributed by atoms with E-state index in [0.29, 0.717) is 19.3 Å². The molecule has 5 nitrogen and oxygen atoms in total. The van der Waals surface area contributed by atoms with Crippen molar-refractivity contribution in [2.45, 2.75) is 19.3 Å². The highest BCUT2D eigenvalue weighted by Gasteiger charge is 2.58. The van der Waals surface area contributed by atoms with Crippen LogP contribution in [0.4, 0.5) is 0 Å². The quantitative estimate of drug-likeness (QED) is 0.427. The Bertz CT molecular complexity index is 360. The fourth-order valence-corrected chi connectivity index (χ4v) is 2.83. The fourth-order valence-electron chi connectivity index (χ4n) is 2.83. The van der Waals surface area contributed by atoms with E-state index in [4.69, 9.17) is 9.47 Å². The van der Waals surface area contributed by atoms with E-state index in [2.05, 4.69) is 6.58 Å². The summed E-state index contributed by atoms with van der Waals surface area (Å²) in [5.41, 5.74) is -0.283. The Kier molecular flexibility index (Phi) is 5.11. The first kappa shape index (κ1) is 15.7. The van der Waals surface area contributed by atoms with E-state index in [1.165, 1.54) is 14.2 Å². The van der Waals surface area contributed by atoms with E-state index in [-0.39, 0.29) is 5.92 Å². The predicted molar refractivity (Wildman–Crippen MR) is 71.5 cm³/mol. The smallest absolute Gasteiger partial charge is 0.323 e. The number of esters is 2. The molecule has 1 aliphatic carbocycles. The number of hydrogen-bond acceptors (Lipinski definition) is 5. The van der Waals surface area contributed by atoms with Gasteiger partial charge in [-0.25, -0.2) is 0 Å². The molecule has 1 atom stereocenters. The predicted octanol–water partition coefficient (Wildman–Crippen LogP) is 1.24. The van der Waals surface area contributed by atoms with Crippen molar-refractivity contribution >= 4 is 11.9 Å². The molecule has 1 aliphatic rings. The zero-order chi connectivity index (χ0) is 14.6. The largest absolute Gasteiger partial charge is 0.468 e. The molecular formula is C14H23NO4. The molecule has 108 valence electrons. The maximum Gasteiger partial charge on any atom is 0.323 e. The lowest BCUT2D eigenvalue weighted by Gasteiger charge is -2.30. The van der Waals surface area contributed by atoms with Crippen molar-refractivity contribution in [3.8, 4) is 0 Å². The van der Waals surface area contributed by atoms with Gasteiger partial charge in [0.05, 0.1) is 14.2 Å². The van der Waals surface area contributed by atoms with Gasteiger partial charge in [0.1, 0.15) is 0 Å². The van der Waals surface area contributed by atoms with Gasteiger partial charge in [-0.05, 0) is 39.9 Å². The van der Waals surface area contributed by atoms with E-state index in [1.807, 2.05) is 19.0 Å². The van der Waals surface area contributed by atoms with Crippen molar-refractivity contribution < 1.29 is 19.1 Å². The average molecular weight is 269 g/mol. The minimum absolute atomic E-state index is 0.213. The van der Waals surface area contributed by atoms with E-state index in [9.17, 15) is 9.59 Å². The molecule has 0 N–H and O–H groups in total. The second kappa shape index (κ2) is 6.19. The first-order chi connectivity index (χ1) is 8.90. The molecule has 0 aromatic carbocycles. The number of methoxy groups -OCH3 is 2. The van der Waals surface area contributed by atoms with Crippen molar-refractivity contribution in [3.05, 3.63) is 12.2 Å². The Morgan fingerprint density at radius 1 is 1.32 bits per heavy atom. The second-order valence-corrected chi connectivity index (χ2v) is 5.26. The van der Waals surface area contributed by atoms with Crippen LogP contribution in [0.2, 0.25) is 0 Å². The lowest BCUT2D eigenvalue weighted by Crippen LogP contribution is -2.45. The number of carbonyl (C=O) groups is 2. The summed E-state index contributed by atoms with van der Waals surface area (Å²) in [5, 5.41) is 0. The first-order valence-corrected chi connectivity index (χ1v) is 6.39. The van der Waals surface area contributed by atoms with Crippen molar-refractivity contribution in [2.24, 2.45) is 11.3 Å². The van der Waals surface area contributed by atoms with Crippen LogP contribution in [0.25, 0.3) is 0 Å². The number of ether oxygens (including phenoxy) is 2. The van der Waals surface area contributed by atoms with E-state index in [0.717, 1.165) is 12.1 Å². The lowest BCUT2D eigenvalue weighted by molar-refractivity contribution is -0.171. The fraction of sp³-hybridized carbons (Fsp3) is 0.714. The van der Waals surface area contributed by atoms with Crippen molar-refractivity contribution in [1.29, 1.82) is 0 Å². The topological polar surface area (TPSA) is 55.8 Å². The molecule has 1 rings (SSSR count). The van der Waals surface area contributed by atoms with Crippen LogP contribution in [0.15, 0.2) is 12.2 Å². The van der Waals surface area contributed by atoms with Gasteiger partial charge in [-0.3, -0.25) is 9.59 Å². The van der Waals surface area contributed by atoms with Crippen molar-refractivity contribution in [2.75, 3.05) is 34.9 Å². The van der Waals surface area contributed by atoms with Gasteiger partial charge < -0.3 is 14.4 Å². The van der Waals surface area contributed by atoms with Crippen molar-refractivity contribution in [1.82, 2.24) is 4.90 Å². The third-order valence-corrected chi connectivity index (χ3v) is 3.89. The molecule has 0 radical (unpaired) electrons. The summed E-state index contributed by atoms with van der Waals surface area (Å²) in [6, 6.07) is 0. The summed E-state index contributed by atoms with van der Waals surface area (Å²) in [4.78, 5) is 26.3. The molecule has 5 heteroatoms. The van der Waals surface area contributed by atoms with Crippen LogP contribution in [-0.2, 0) is 19.1 Å². The number of allylic oxidation sites excluding steroid dienone is 1. The normalized spacial score (nSPS) is 21.5. The summed E-state index contributed by atoms with van der Waals surface area (Å²) >= 11 is 0. The van der Waals surface area contributed by atoms with Crippen LogP contribution in [-0.4, -0.2) is 51.7 Å². The molecule has 0 amide bonds. The molecule has 0 aromatic rings. The maximum absolute atomic E-state index is 12.2.